The Kier molecular flexibility index (Phi) is 3.57. The maximum absolute atomic E-state index is 4.36. The number of hydrogen-bond donors (Lipinski definition) is 1. The summed E-state index contributed by atoms with van der Waals surface area (Å²) < 4.78 is 1.06. The molecule has 4 heteroatoms. The largest absolute Gasteiger partial charge is 0.369 e. The normalized spacial score (nSPS) is 31.6. The zero-order chi connectivity index (χ0) is 12.5. The summed E-state index contributed by atoms with van der Waals surface area (Å²) in [5.74, 6) is 1.77. The predicted octanol–water partition coefficient (Wildman–Crippen LogP) is 3.13. The molecule has 0 radical (unpaired) electrons. The van der Waals surface area contributed by atoms with Crippen LogP contribution in [0.5, 0.6) is 0 Å². The highest BCUT2D eigenvalue weighted by molar-refractivity contribution is 9.10. The van der Waals surface area contributed by atoms with E-state index in [-0.39, 0.29) is 0 Å². The van der Waals surface area contributed by atoms with E-state index in [2.05, 4.69) is 38.2 Å². The number of hydrogen-bond acceptors (Lipinski definition) is 3. The maximum atomic E-state index is 4.36. The minimum absolute atomic E-state index is 0.799. The molecule has 1 N–H and O–H groups in total. The first-order valence-corrected chi connectivity index (χ1v) is 7.59. The van der Waals surface area contributed by atoms with Gasteiger partial charge < -0.3 is 10.2 Å². The van der Waals surface area contributed by atoms with Gasteiger partial charge in [0.25, 0.3) is 0 Å². The van der Waals surface area contributed by atoms with Gasteiger partial charge in [0.05, 0.1) is 4.47 Å². The van der Waals surface area contributed by atoms with E-state index >= 15 is 0 Å². The number of aromatic nitrogens is 1. The molecule has 3 heterocycles. The quantitative estimate of drug-likeness (QED) is 0.930. The van der Waals surface area contributed by atoms with Gasteiger partial charge in [-0.15, -0.1) is 0 Å². The van der Waals surface area contributed by atoms with Crippen LogP contribution in [0, 0.1) is 5.92 Å². The number of fused-ring (bicyclic) bond motifs is 2. The van der Waals surface area contributed by atoms with E-state index in [0.29, 0.717) is 0 Å². The van der Waals surface area contributed by atoms with Crippen molar-refractivity contribution in [1.82, 2.24) is 9.88 Å². The van der Waals surface area contributed by atoms with Crippen molar-refractivity contribution in [2.75, 3.05) is 18.9 Å². The second kappa shape index (κ2) is 5.17. The smallest absolute Gasteiger partial charge is 0.140 e. The number of halogens is 1. The zero-order valence-corrected chi connectivity index (χ0v) is 12.4. The number of piperidine rings is 1. The van der Waals surface area contributed by atoms with E-state index in [0.717, 1.165) is 34.8 Å². The molecule has 2 unspecified atom stereocenters. The molecule has 2 aliphatic heterocycles. The number of anilines is 1. The van der Waals surface area contributed by atoms with Crippen LogP contribution in [0.25, 0.3) is 0 Å². The molecule has 18 heavy (non-hydrogen) atoms. The van der Waals surface area contributed by atoms with Crippen LogP contribution in [0.1, 0.15) is 25.7 Å². The van der Waals surface area contributed by atoms with E-state index in [4.69, 9.17) is 0 Å². The summed E-state index contributed by atoms with van der Waals surface area (Å²) >= 11 is 3.53. The molecule has 0 aromatic carbocycles. The van der Waals surface area contributed by atoms with Crippen molar-refractivity contribution in [3.8, 4) is 0 Å². The SMILES string of the molecule is CN1C2CCC1CC(CNc1ncccc1Br)C2. The first-order valence-electron chi connectivity index (χ1n) is 6.80. The molecule has 3 nitrogen and oxygen atoms in total. The number of pyridine rings is 1. The zero-order valence-electron chi connectivity index (χ0n) is 10.8. The van der Waals surface area contributed by atoms with Crippen LogP contribution in [0.15, 0.2) is 22.8 Å². The number of nitrogens with one attached hydrogen (secondary N) is 1. The summed E-state index contributed by atoms with van der Waals surface area (Å²) in [4.78, 5) is 6.95. The molecule has 0 saturated carbocycles. The highest BCUT2D eigenvalue weighted by atomic mass is 79.9. The monoisotopic (exact) mass is 309 g/mol. The summed E-state index contributed by atoms with van der Waals surface area (Å²) in [6, 6.07) is 5.63. The second-order valence-corrected chi connectivity index (χ2v) is 6.46. The highest BCUT2D eigenvalue weighted by Crippen LogP contribution is 2.37. The Morgan fingerprint density at radius 3 is 2.78 bits per heavy atom. The van der Waals surface area contributed by atoms with Crippen LogP contribution in [0.2, 0.25) is 0 Å². The molecule has 2 bridgehead atoms. The van der Waals surface area contributed by atoms with Crippen molar-refractivity contribution >= 4 is 21.7 Å². The fourth-order valence-corrected chi connectivity index (χ4v) is 3.84. The van der Waals surface area contributed by atoms with Gasteiger partial charge in [0.15, 0.2) is 0 Å². The lowest BCUT2D eigenvalue weighted by molar-refractivity contribution is 0.139. The van der Waals surface area contributed by atoms with Crippen LogP contribution in [-0.2, 0) is 0 Å². The molecule has 3 rings (SSSR count). The summed E-state index contributed by atoms with van der Waals surface area (Å²) in [5.41, 5.74) is 0. The molecule has 0 aliphatic carbocycles. The third kappa shape index (κ3) is 2.41. The van der Waals surface area contributed by atoms with Crippen molar-refractivity contribution in [2.24, 2.45) is 5.92 Å². The van der Waals surface area contributed by atoms with Gasteiger partial charge in [-0.1, -0.05) is 0 Å². The first kappa shape index (κ1) is 12.4. The Bertz CT molecular complexity index is 409. The highest BCUT2D eigenvalue weighted by Gasteiger charge is 2.38. The van der Waals surface area contributed by atoms with Crippen LogP contribution < -0.4 is 5.32 Å². The Hall–Kier alpha value is -0.610. The Labute approximate surface area is 117 Å². The lowest BCUT2D eigenvalue weighted by Crippen LogP contribution is -2.41. The van der Waals surface area contributed by atoms with E-state index in [9.17, 15) is 0 Å². The minimum atomic E-state index is 0.799. The van der Waals surface area contributed by atoms with Crippen LogP contribution in [0.4, 0.5) is 5.82 Å². The number of rotatable bonds is 3. The van der Waals surface area contributed by atoms with Crippen molar-refractivity contribution in [3.05, 3.63) is 22.8 Å². The van der Waals surface area contributed by atoms with Gasteiger partial charge in [-0.3, -0.25) is 0 Å². The minimum Gasteiger partial charge on any atom is -0.369 e. The van der Waals surface area contributed by atoms with Crippen molar-refractivity contribution in [2.45, 2.75) is 37.8 Å². The molecular formula is C14H20BrN3. The van der Waals surface area contributed by atoms with Gasteiger partial charge in [-0.2, -0.15) is 0 Å². The molecule has 2 fully saturated rings. The lowest BCUT2D eigenvalue weighted by Gasteiger charge is -2.36. The third-order valence-electron chi connectivity index (χ3n) is 4.51. The van der Waals surface area contributed by atoms with Crippen molar-refractivity contribution in [1.29, 1.82) is 0 Å². The van der Waals surface area contributed by atoms with Gasteiger partial charge >= 0.3 is 0 Å². The average molecular weight is 310 g/mol. The van der Waals surface area contributed by atoms with Crippen LogP contribution in [-0.4, -0.2) is 35.6 Å². The maximum Gasteiger partial charge on any atom is 0.140 e. The molecule has 0 spiro atoms. The Morgan fingerprint density at radius 1 is 1.39 bits per heavy atom. The van der Waals surface area contributed by atoms with E-state index in [1.165, 1.54) is 25.7 Å². The summed E-state index contributed by atoms with van der Waals surface area (Å²) in [7, 11) is 2.29. The summed E-state index contributed by atoms with van der Waals surface area (Å²) in [6.07, 6.45) is 7.30. The van der Waals surface area contributed by atoms with Gasteiger partial charge in [-0.25, -0.2) is 4.98 Å². The molecular weight excluding hydrogens is 290 g/mol. The lowest BCUT2D eigenvalue weighted by atomic mass is 9.91. The van der Waals surface area contributed by atoms with Gasteiger partial charge in [0, 0.05) is 24.8 Å². The molecule has 1 aromatic heterocycles. The fraction of sp³-hybridized carbons (Fsp3) is 0.643. The molecule has 98 valence electrons. The van der Waals surface area contributed by atoms with Gasteiger partial charge in [0.1, 0.15) is 5.82 Å². The molecule has 2 saturated heterocycles. The summed E-state index contributed by atoms with van der Waals surface area (Å²) in [6.45, 7) is 1.05. The van der Waals surface area contributed by atoms with Gasteiger partial charge in [0.2, 0.25) is 0 Å². The average Bonchev–Trinajstić information content (AvgIpc) is 2.62. The fourth-order valence-electron chi connectivity index (χ4n) is 3.45. The van der Waals surface area contributed by atoms with E-state index in [1.807, 2.05) is 18.3 Å². The predicted molar refractivity (Wildman–Crippen MR) is 77.7 cm³/mol. The van der Waals surface area contributed by atoms with E-state index < -0.39 is 0 Å². The summed E-state index contributed by atoms with van der Waals surface area (Å²) in [5, 5.41) is 3.49. The Morgan fingerprint density at radius 2 is 2.11 bits per heavy atom. The van der Waals surface area contributed by atoms with Crippen molar-refractivity contribution in [3.63, 3.8) is 0 Å². The Balaban J connectivity index is 1.57. The van der Waals surface area contributed by atoms with Gasteiger partial charge in [-0.05, 0) is 66.7 Å². The van der Waals surface area contributed by atoms with E-state index in [1.54, 1.807) is 0 Å². The topological polar surface area (TPSA) is 28.2 Å². The third-order valence-corrected chi connectivity index (χ3v) is 5.15. The number of nitrogens with zero attached hydrogens (tertiary/aromatic N) is 2. The molecule has 2 aliphatic rings. The second-order valence-electron chi connectivity index (χ2n) is 5.60. The standard InChI is InChI=1S/C14H20BrN3/c1-18-11-4-5-12(18)8-10(7-11)9-17-14-13(15)3-2-6-16-14/h2-3,6,10-12H,4-5,7-9H2,1H3,(H,16,17). The van der Waals surface area contributed by atoms with Crippen LogP contribution >= 0.6 is 15.9 Å². The van der Waals surface area contributed by atoms with Crippen molar-refractivity contribution < 1.29 is 0 Å². The first-order chi connectivity index (χ1) is 8.74. The molecule has 0 amide bonds. The molecule has 1 aromatic rings. The van der Waals surface area contributed by atoms with Crippen LogP contribution in [0.3, 0.4) is 0 Å². The molecule has 2 atom stereocenters.